The molecule has 0 aromatic heterocycles. The van der Waals surface area contributed by atoms with Crippen molar-refractivity contribution in [1.82, 2.24) is 0 Å². The van der Waals surface area contributed by atoms with Crippen molar-refractivity contribution >= 4 is 168 Å². The fourth-order valence-corrected chi connectivity index (χ4v) is 54.9. The Morgan fingerprint density at radius 3 is 0.213 bits per heavy atom. The Balaban J connectivity index is 1.12. The van der Waals surface area contributed by atoms with Gasteiger partial charge in [0.2, 0.25) is 0 Å². The van der Waals surface area contributed by atoms with Gasteiger partial charge in [-0.1, -0.05) is 364 Å². The SMILES string of the molecule is O[Si@]1(c2ccccc2)O[Si@](O)(c2ccccc2)O[Si@@](O)(c2ccccc2)O[Si@@](O)(c2ccccc2)O[Si@](O)(c2ccccc2)O[Si@](O)(c2ccccc2)O[Si@](O)(c2ccccc2)O[Si@@](O)(c2ccccc2)O[Si@@](O)(c2ccccc2)O[Si@@](O)(c2ccccc2)O[Si@@](O)(c2ccccc2)O[Si@@](O)(c2ccccc2)O1. The van der Waals surface area contributed by atoms with Gasteiger partial charge in [-0.05, 0) is 0 Å². The molecule has 0 bridgehead atoms. The van der Waals surface area contributed by atoms with Gasteiger partial charge in [0.25, 0.3) is 0 Å². The van der Waals surface area contributed by atoms with E-state index in [0.29, 0.717) is 0 Å². The van der Waals surface area contributed by atoms with Crippen LogP contribution in [0.2, 0.25) is 0 Å². The molecule has 108 heavy (non-hydrogen) atoms. The standard InChI is InChI=1S/C72H72O24Si12/c73-97(61-37-13-1-14-38-61)85-98(74,62-39-15-2-16-40-62)87-100(76,64-43-19-4-20-44-64)89-102(78,66-47-23-6-24-48-66)91-104(80,68-51-27-8-28-52-68)93-106(82,70-55-31-10-32-56-70)95-108(84,72-59-35-12-36-60-72)96-107(83,71-57-33-11-34-58-71)94-105(81,69-53-29-9-30-54-69)92-103(79,67-49-25-7-26-50-67)90-101(77,65-45-21-5-22-46-65)88-99(75,86-97)63-41-17-3-18-42-63/h1-60,73-84H/t97-,98-,99-,100-,101-,102-,103-,104+,105-,106+,107-,108-/m0/s1. The maximum atomic E-state index is 14.1. The van der Waals surface area contributed by atoms with Gasteiger partial charge in [-0.25, -0.2) is 0 Å². The van der Waals surface area contributed by atoms with E-state index in [0.717, 1.165) is 0 Å². The molecule has 0 aliphatic carbocycles. The summed E-state index contributed by atoms with van der Waals surface area (Å²) in [6, 6.07) is 86.2. The van der Waals surface area contributed by atoms with Gasteiger partial charge in [0.15, 0.2) is 0 Å². The summed E-state index contributed by atoms with van der Waals surface area (Å²) >= 11 is 0. The molecule has 12 aromatic carbocycles. The van der Waals surface area contributed by atoms with E-state index in [1.54, 1.807) is 72.8 Å². The van der Waals surface area contributed by atoms with Crippen molar-refractivity contribution < 1.29 is 107 Å². The Kier molecular flexibility index (Phi) is 23.5. The molecule has 1 heterocycles. The summed E-state index contributed by atoms with van der Waals surface area (Å²) in [4.78, 5) is 169. The topological polar surface area (TPSA) is 354 Å². The van der Waals surface area contributed by atoms with Gasteiger partial charge in [-0.2, -0.15) is 0 Å². The Bertz CT molecular complexity index is 3740. The summed E-state index contributed by atoms with van der Waals surface area (Å²) in [5.41, 5.74) is 0. The minimum absolute atomic E-state index is 0.278. The molecule has 12 N–H and O–H groups in total. The second-order valence-electron chi connectivity index (χ2n) is 24.6. The van der Waals surface area contributed by atoms with E-state index in [1.165, 1.54) is 291 Å². The smallest absolute Gasteiger partial charge is 0.387 e. The van der Waals surface area contributed by atoms with E-state index in [4.69, 9.17) is 49.4 Å². The van der Waals surface area contributed by atoms with E-state index in [9.17, 15) is 57.5 Å². The van der Waals surface area contributed by atoms with Crippen molar-refractivity contribution in [3.63, 3.8) is 0 Å². The fraction of sp³-hybridized carbons (Fsp3) is 0. The van der Waals surface area contributed by atoms with Crippen LogP contribution in [0.4, 0.5) is 0 Å². The van der Waals surface area contributed by atoms with E-state index < -0.39 is 106 Å². The lowest BCUT2D eigenvalue weighted by Crippen LogP contribution is -2.80. The summed E-state index contributed by atoms with van der Waals surface area (Å²) in [6.45, 7) is 0. The predicted molar refractivity (Wildman–Crippen MR) is 422 cm³/mol. The maximum absolute atomic E-state index is 14.1. The highest BCUT2D eigenvalue weighted by Crippen LogP contribution is 2.32. The first-order chi connectivity index (χ1) is 51.7. The van der Waals surface area contributed by atoms with Crippen LogP contribution in [0.5, 0.6) is 0 Å². The molecule has 0 amide bonds. The van der Waals surface area contributed by atoms with E-state index in [-0.39, 0.29) is 62.2 Å². The Hall–Kier alpha value is -7.72. The molecule has 1 aliphatic rings. The van der Waals surface area contributed by atoms with Crippen molar-refractivity contribution in [2.45, 2.75) is 0 Å². The molecule has 0 radical (unpaired) electrons. The molecule has 0 spiro atoms. The van der Waals surface area contributed by atoms with E-state index in [1.807, 2.05) is 0 Å². The Morgan fingerprint density at radius 2 is 0.157 bits per heavy atom. The van der Waals surface area contributed by atoms with Gasteiger partial charge in [-0.15, -0.1) is 0 Å². The summed E-state index contributed by atoms with van der Waals surface area (Å²) in [6.07, 6.45) is 0. The third kappa shape index (κ3) is 17.2. The highest BCUT2D eigenvalue weighted by molar-refractivity contribution is 7.03. The van der Waals surface area contributed by atoms with E-state index >= 15 is 0 Å². The van der Waals surface area contributed by atoms with Crippen LogP contribution in [-0.4, -0.2) is 163 Å². The van der Waals surface area contributed by atoms with Gasteiger partial charge in [0, 0.05) is 62.2 Å². The normalized spacial score (nSPS) is 30.8. The van der Waals surface area contributed by atoms with Crippen LogP contribution >= 0.6 is 0 Å². The molecular weight excluding hydrogens is 1590 g/mol. The molecule has 1 aliphatic heterocycles. The Morgan fingerprint density at radius 1 is 0.102 bits per heavy atom. The minimum atomic E-state index is -6.00. The molecule has 1 fully saturated rings. The highest BCUT2D eigenvalue weighted by atomic mass is 28.6. The lowest BCUT2D eigenvalue weighted by Gasteiger charge is -2.44. The lowest BCUT2D eigenvalue weighted by atomic mass is 10.4. The molecule has 0 atom stereocenters. The van der Waals surface area contributed by atoms with Gasteiger partial charge in [0.1, 0.15) is 0 Å². The zero-order chi connectivity index (χ0) is 75.8. The average molecular weight is 1660 g/mol. The van der Waals surface area contributed by atoms with Crippen molar-refractivity contribution in [2.75, 3.05) is 0 Å². The largest absolute Gasteiger partial charge is 0.520 e. The van der Waals surface area contributed by atoms with E-state index in [2.05, 4.69) is 0 Å². The summed E-state index contributed by atoms with van der Waals surface area (Å²) in [7, 11) is -72.0. The van der Waals surface area contributed by atoms with Crippen LogP contribution in [0.1, 0.15) is 0 Å². The van der Waals surface area contributed by atoms with Crippen LogP contribution in [0.25, 0.3) is 0 Å². The summed E-state index contributed by atoms with van der Waals surface area (Å²) in [5.74, 6) is 0. The molecule has 13 rings (SSSR count). The van der Waals surface area contributed by atoms with Crippen molar-refractivity contribution in [2.24, 2.45) is 0 Å². The first kappa shape index (κ1) is 78.4. The second-order valence-corrected chi connectivity index (χ2v) is 55.3. The minimum Gasteiger partial charge on any atom is -0.387 e. The zero-order valence-electron chi connectivity index (χ0n) is 56.9. The van der Waals surface area contributed by atoms with Crippen LogP contribution in [-0.2, 0) is 49.4 Å². The Labute approximate surface area is 634 Å². The van der Waals surface area contributed by atoms with Gasteiger partial charge >= 0.3 is 106 Å². The number of hydrogen-bond acceptors (Lipinski definition) is 24. The second kappa shape index (κ2) is 32.3. The van der Waals surface area contributed by atoms with Gasteiger partial charge < -0.3 is 107 Å². The fourth-order valence-electron chi connectivity index (χ4n) is 11.7. The average Bonchev–Trinajstić information content (AvgIpc) is 0.741. The molecule has 552 valence electrons. The van der Waals surface area contributed by atoms with Crippen molar-refractivity contribution in [3.05, 3.63) is 364 Å². The van der Waals surface area contributed by atoms with Crippen LogP contribution < -0.4 is 62.2 Å². The maximum Gasteiger partial charge on any atom is 0.520 e. The molecule has 0 unspecified atom stereocenters. The number of benzene rings is 12. The van der Waals surface area contributed by atoms with Gasteiger partial charge in [0.05, 0.1) is 0 Å². The summed E-state index contributed by atoms with van der Waals surface area (Å²) in [5, 5.41) is -3.33. The third-order valence-electron chi connectivity index (χ3n) is 17.0. The number of rotatable bonds is 12. The summed E-state index contributed by atoms with van der Waals surface area (Å²) < 4.78 is 82.2. The van der Waals surface area contributed by atoms with Crippen molar-refractivity contribution in [1.29, 1.82) is 0 Å². The zero-order valence-corrected chi connectivity index (χ0v) is 68.9. The molecule has 12 aromatic rings. The molecular formula is C72H72O24Si12. The quantitative estimate of drug-likeness (QED) is 0.0604. The monoisotopic (exact) mass is 1660 g/mol. The molecule has 0 saturated carbocycles. The predicted octanol–water partition coefficient (Wildman–Crippen LogP) is -1.74. The highest BCUT2D eigenvalue weighted by Gasteiger charge is 2.71. The molecule has 36 heteroatoms. The van der Waals surface area contributed by atoms with Crippen molar-refractivity contribution in [3.8, 4) is 0 Å². The van der Waals surface area contributed by atoms with Crippen LogP contribution in [0, 0.1) is 0 Å². The first-order valence-corrected chi connectivity index (χ1v) is 54.7. The first-order valence-electron chi connectivity index (χ1n) is 33.5. The van der Waals surface area contributed by atoms with Gasteiger partial charge in [-0.3, -0.25) is 0 Å². The number of hydrogen-bond donors (Lipinski definition) is 12. The van der Waals surface area contributed by atoms with Crippen LogP contribution in [0.3, 0.4) is 0 Å². The molecule has 24 nitrogen and oxygen atoms in total. The molecule has 1 saturated heterocycles. The lowest BCUT2D eigenvalue weighted by molar-refractivity contribution is 0.101. The van der Waals surface area contributed by atoms with Crippen LogP contribution in [0.15, 0.2) is 364 Å². The third-order valence-corrected chi connectivity index (χ3v) is 56.3.